The van der Waals surface area contributed by atoms with Crippen molar-refractivity contribution in [3.05, 3.63) is 59.7 Å². The largest absolute Gasteiger partial charge is 0.497 e. The van der Waals surface area contributed by atoms with E-state index in [0.29, 0.717) is 6.54 Å². The first-order valence-electron chi connectivity index (χ1n) is 10.0. The van der Waals surface area contributed by atoms with E-state index in [1.54, 1.807) is 33.5 Å². The van der Waals surface area contributed by atoms with E-state index < -0.39 is 0 Å². The summed E-state index contributed by atoms with van der Waals surface area (Å²) in [6, 6.07) is 13.6. The molecule has 6 heteroatoms. The van der Waals surface area contributed by atoms with Gasteiger partial charge in [-0.1, -0.05) is 18.2 Å². The fourth-order valence-corrected chi connectivity index (χ4v) is 2.97. The molecule has 1 amide bonds. The van der Waals surface area contributed by atoms with Crippen molar-refractivity contribution in [3.63, 3.8) is 0 Å². The molecule has 0 spiro atoms. The molecule has 0 aromatic heterocycles. The lowest BCUT2D eigenvalue weighted by Gasteiger charge is -2.17. The van der Waals surface area contributed by atoms with Crippen LogP contribution in [-0.2, 0) is 11.2 Å². The number of amides is 1. The van der Waals surface area contributed by atoms with Crippen molar-refractivity contribution in [2.24, 2.45) is 0 Å². The predicted octanol–water partition coefficient (Wildman–Crippen LogP) is 3.41. The van der Waals surface area contributed by atoms with Gasteiger partial charge >= 0.3 is 0 Å². The van der Waals surface area contributed by atoms with E-state index in [4.69, 9.17) is 14.2 Å². The number of carbonyl (C=O) groups excluding carboxylic acids is 1. The predicted molar refractivity (Wildman–Crippen MR) is 120 cm³/mol. The number of ether oxygens (including phenoxy) is 3. The molecule has 0 heterocycles. The summed E-state index contributed by atoms with van der Waals surface area (Å²) >= 11 is 0. The molecule has 0 unspecified atom stereocenters. The second-order valence-electron chi connectivity index (χ2n) is 6.99. The number of methoxy groups -OCH3 is 3. The Hall–Kier alpha value is -2.99. The fourth-order valence-electron chi connectivity index (χ4n) is 2.97. The molecule has 2 aromatic carbocycles. The van der Waals surface area contributed by atoms with Gasteiger partial charge in [0.2, 0.25) is 5.91 Å². The van der Waals surface area contributed by atoms with Crippen LogP contribution in [-0.4, -0.2) is 58.8 Å². The summed E-state index contributed by atoms with van der Waals surface area (Å²) in [7, 11) is 7.01. The third-order valence-electron chi connectivity index (χ3n) is 4.79. The molecular weight excluding hydrogens is 380 g/mol. The molecule has 1 N–H and O–H groups in total. The zero-order valence-electron chi connectivity index (χ0n) is 18.3. The Labute approximate surface area is 179 Å². The van der Waals surface area contributed by atoms with Gasteiger partial charge in [-0.3, -0.25) is 4.79 Å². The molecule has 0 aliphatic carbocycles. The molecule has 0 aliphatic heterocycles. The molecule has 30 heavy (non-hydrogen) atoms. The van der Waals surface area contributed by atoms with E-state index >= 15 is 0 Å². The summed E-state index contributed by atoms with van der Waals surface area (Å²) in [5, 5.41) is 2.92. The first kappa shape index (κ1) is 23.3. The molecule has 0 atom stereocenters. The van der Waals surface area contributed by atoms with Gasteiger partial charge in [0.15, 0.2) is 11.5 Å². The molecule has 0 saturated carbocycles. The molecule has 0 saturated heterocycles. The minimum absolute atomic E-state index is 0.0844. The Morgan fingerprint density at radius 3 is 2.37 bits per heavy atom. The monoisotopic (exact) mass is 412 g/mol. The van der Waals surface area contributed by atoms with Crippen LogP contribution in [0.15, 0.2) is 48.5 Å². The number of nitrogens with one attached hydrogen (secondary N) is 1. The van der Waals surface area contributed by atoms with Crippen molar-refractivity contribution < 1.29 is 19.0 Å². The van der Waals surface area contributed by atoms with Crippen molar-refractivity contribution >= 4 is 12.0 Å². The van der Waals surface area contributed by atoms with Crippen LogP contribution in [0.5, 0.6) is 17.2 Å². The third kappa shape index (κ3) is 7.79. The van der Waals surface area contributed by atoms with Gasteiger partial charge in [0, 0.05) is 19.2 Å². The zero-order valence-corrected chi connectivity index (χ0v) is 18.3. The Morgan fingerprint density at radius 2 is 1.70 bits per heavy atom. The quantitative estimate of drug-likeness (QED) is 0.428. The van der Waals surface area contributed by atoms with Gasteiger partial charge in [-0.15, -0.1) is 0 Å². The summed E-state index contributed by atoms with van der Waals surface area (Å²) in [6.07, 6.45) is 5.17. The maximum absolute atomic E-state index is 11.9. The van der Waals surface area contributed by atoms with E-state index in [9.17, 15) is 4.79 Å². The first-order valence-corrected chi connectivity index (χ1v) is 10.0. The second kappa shape index (κ2) is 12.5. The number of benzene rings is 2. The Kier molecular flexibility index (Phi) is 9.74. The highest BCUT2D eigenvalue weighted by molar-refractivity contribution is 5.91. The number of nitrogens with zero attached hydrogens (tertiary/aromatic N) is 1. The lowest BCUT2D eigenvalue weighted by atomic mass is 10.1. The minimum atomic E-state index is -0.0844. The Bertz CT molecular complexity index is 818. The number of likely N-dealkylation sites (N-methyl/N-ethyl adjacent to an activating group) is 1. The second-order valence-corrected chi connectivity index (χ2v) is 6.99. The molecule has 0 fully saturated rings. The number of rotatable bonds is 12. The summed E-state index contributed by atoms with van der Waals surface area (Å²) < 4.78 is 15.8. The van der Waals surface area contributed by atoms with Crippen LogP contribution in [0.25, 0.3) is 6.08 Å². The average molecular weight is 413 g/mol. The van der Waals surface area contributed by atoms with E-state index in [2.05, 4.69) is 23.3 Å². The van der Waals surface area contributed by atoms with Crippen LogP contribution >= 0.6 is 0 Å². The summed E-state index contributed by atoms with van der Waals surface area (Å²) in [6.45, 7) is 2.49. The molecule has 0 radical (unpaired) electrons. The maximum Gasteiger partial charge on any atom is 0.243 e. The highest BCUT2D eigenvalue weighted by Crippen LogP contribution is 2.27. The zero-order chi connectivity index (χ0) is 21.8. The standard InChI is InChI=1S/C24H32N2O4/c1-26(17-14-20-8-12-22(29-3)23(18-20)30-4)16-5-15-25-24(27)13-9-19-6-10-21(28-2)11-7-19/h6-13,18H,5,14-17H2,1-4H3,(H,25,27)/b13-9+. The summed E-state index contributed by atoms with van der Waals surface area (Å²) in [5.74, 6) is 2.21. The van der Waals surface area contributed by atoms with Crippen LogP contribution in [0, 0.1) is 0 Å². The number of hydrogen-bond donors (Lipinski definition) is 1. The molecule has 0 bridgehead atoms. The minimum Gasteiger partial charge on any atom is -0.497 e. The van der Waals surface area contributed by atoms with Crippen LogP contribution in [0.4, 0.5) is 0 Å². The SMILES string of the molecule is COc1ccc(/C=C/C(=O)NCCCN(C)CCc2ccc(OC)c(OC)c2)cc1. The number of carbonyl (C=O) groups is 1. The van der Waals surface area contributed by atoms with Crippen LogP contribution in [0.2, 0.25) is 0 Å². The van der Waals surface area contributed by atoms with Crippen LogP contribution in [0.3, 0.4) is 0 Å². The Balaban J connectivity index is 1.65. The van der Waals surface area contributed by atoms with Gasteiger partial charge < -0.3 is 24.4 Å². The van der Waals surface area contributed by atoms with Gasteiger partial charge in [0.05, 0.1) is 21.3 Å². The van der Waals surface area contributed by atoms with Crippen molar-refractivity contribution in [2.45, 2.75) is 12.8 Å². The van der Waals surface area contributed by atoms with E-state index in [1.165, 1.54) is 5.56 Å². The average Bonchev–Trinajstić information content (AvgIpc) is 2.79. The van der Waals surface area contributed by atoms with Gasteiger partial charge in [0.1, 0.15) is 5.75 Å². The van der Waals surface area contributed by atoms with Crippen molar-refractivity contribution in [1.82, 2.24) is 10.2 Å². The van der Waals surface area contributed by atoms with E-state index in [-0.39, 0.29) is 5.91 Å². The van der Waals surface area contributed by atoms with Gasteiger partial charge in [-0.25, -0.2) is 0 Å². The molecule has 2 rings (SSSR count). The Morgan fingerprint density at radius 1 is 0.967 bits per heavy atom. The van der Waals surface area contributed by atoms with Gasteiger partial charge in [-0.2, -0.15) is 0 Å². The third-order valence-corrected chi connectivity index (χ3v) is 4.79. The van der Waals surface area contributed by atoms with Gasteiger partial charge in [0.25, 0.3) is 0 Å². The normalized spacial score (nSPS) is 11.0. The lowest BCUT2D eigenvalue weighted by molar-refractivity contribution is -0.116. The van der Waals surface area contributed by atoms with E-state index in [0.717, 1.165) is 48.7 Å². The number of hydrogen-bond acceptors (Lipinski definition) is 5. The van der Waals surface area contributed by atoms with E-state index in [1.807, 2.05) is 36.4 Å². The van der Waals surface area contributed by atoms with Gasteiger partial charge in [-0.05, 0) is 67.9 Å². The molecular formula is C24H32N2O4. The van der Waals surface area contributed by atoms with Crippen LogP contribution in [0.1, 0.15) is 17.5 Å². The van der Waals surface area contributed by atoms with Crippen molar-refractivity contribution in [3.8, 4) is 17.2 Å². The fraction of sp³-hybridized carbons (Fsp3) is 0.375. The van der Waals surface area contributed by atoms with Crippen LogP contribution < -0.4 is 19.5 Å². The molecule has 2 aromatic rings. The topological polar surface area (TPSA) is 60.0 Å². The van der Waals surface area contributed by atoms with Crippen molar-refractivity contribution in [1.29, 1.82) is 0 Å². The highest BCUT2D eigenvalue weighted by Gasteiger charge is 2.06. The first-order chi connectivity index (χ1) is 14.5. The maximum atomic E-state index is 11.9. The lowest BCUT2D eigenvalue weighted by Crippen LogP contribution is -2.28. The molecule has 162 valence electrons. The smallest absolute Gasteiger partial charge is 0.243 e. The molecule has 0 aliphatic rings. The summed E-state index contributed by atoms with van der Waals surface area (Å²) in [4.78, 5) is 14.2. The van der Waals surface area contributed by atoms with Crippen molar-refractivity contribution in [2.75, 3.05) is 48.0 Å². The highest BCUT2D eigenvalue weighted by atomic mass is 16.5. The summed E-state index contributed by atoms with van der Waals surface area (Å²) in [5.41, 5.74) is 2.16. The molecule has 6 nitrogen and oxygen atoms in total.